The molecule has 0 bridgehead atoms. The summed E-state index contributed by atoms with van der Waals surface area (Å²) in [6, 6.07) is 7.02. The van der Waals surface area contributed by atoms with Crippen LogP contribution in [-0.2, 0) is 0 Å². The van der Waals surface area contributed by atoms with Crippen LogP contribution in [0.3, 0.4) is 0 Å². The Balaban J connectivity index is 2.72. The van der Waals surface area contributed by atoms with Gasteiger partial charge in [-0.15, -0.1) is 0 Å². The molecule has 0 saturated carbocycles. The molecule has 15 heavy (non-hydrogen) atoms. The largest absolute Gasteiger partial charge is 0.328 e. The van der Waals surface area contributed by atoms with Crippen molar-refractivity contribution in [2.24, 2.45) is 5.73 Å². The Morgan fingerprint density at radius 1 is 1.13 bits per heavy atom. The third-order valence-electron chi connectivity index (χ3n) is 3.02. The van der Waals surface area contributed by atoms with E-state index in [0.717, 1.165) is 6.42 Å². The summed E-state index contributed by atoms with van der Waals surface area (Å²) in [6.07, 6.45) is 2.29. The Hall–Kier alpha value is -0.820. The van der Waals surface area contributed by atoms with E-state index >= 15 is 0 Å². The summed E-state index contributed by atoms with van der Waals surface area (Å²) in [5.41, 5.74) is 10.0. The lowest BCUT2D eigenvalue weighted by atomic mass is 9.90. The lowest BCUT2D eigenvalue weighted by Crippen LogP contribution is -2.15. The van der Waals surface area contributed by atoms with Gasteiger partial charge in [0.25, 0.3) is 0 Å². The molecule has 2 N–H and O–H groups in total. The monoisotopic (exact) mass is 205 g/mol. The molecule has 84 valence electrons. The zero-order valence-electron chi connectivity index (χ0n) is 10.4. The van der Waals surface area contributed by atoms with E-state index in [1.54, 1.807) is 0 Å². The molecule has 1 aromatic rings. The highest BCUT2D eigenvalue weighted by atomic mass is 14.6. The fraction of sp³-hybridized carbons (Fsp3) is 0.571. The van der Waals surface area contributed by atoms with Crippen LogP contribution < -0.4 is 5.73 Å². The van der Waals surface area contributed by atoms with Gasteiger partial charge in [0.1, 0.15) is 0 Å². The van der Waals surface area contributed by atoms with Crippen LogP contribution in [0.5, 0.6) is 0 Å². The SMILES string of the molecule is Cc1ccc(C)c(C(C)CCC(C)N)c1. The zero-order valence-corrected chi connectivity index (χ0v) is 10.4. The first-order chi connectivity index (χ1) is 7.00. The topological polar surface area (TPSA) is 26.0 Å². The molecule has 0 spiro atoms. The minimum absolute atomic E-state index is 0.317. The predicted molar refractivity (Wildman–Crippen MR) is 67.2 cm³/mol. The van der Waals surface area contributed by atoms with Gasteiger partial charge < -0.3 is 5.73 Å². The standard InChI is InChI=1S/C14H23N/c1-10-5-6-11(2)14(9-10)12(3)7-8-13(4)15/h5-6,9,12-13H,7-8,15H2,1-4H3. The summed E-state index contributed by atoms with van der Waals surface area (Å²) in [4.78, 5) is 0. The first-order valence-electron chi connectivity index (χ1n) is 5.83. The molecule has 0 saturated heterocycles. The second kappa shape index (κ2) is 5.32. The average molecular weight is 205 g/mol. The lowest BCUT2D eigenvalue weighted by Gasteiger charge is -2.16. The van der Waals surface area contributed by atoms with Crippen molar-refractivity contribution in [1.82, 2.24) is 0 Å². The third-order valence-corrected chi connectivity index (χ3v) is 3.02. The fourth-order valence-electron chi connectivity index (χ4n) is 1.96. The van der Waals surface area contributed by atoms with Crippen LogP contribution in [0.1, 0.15) is 49.3 Å². The number of nitrogens with two attached hydrogens (primary N) is 1. The van der Waals surface area contributed by atoms with Crippen LogP contribution in [0.25, 0.3) is 0 Å². The second-order valence-electron chi connectivity index (χ2n) is 4.82. The minimum Gasteiger partial charge on any atom is -0.328 e. The van der Waals surface area contributed by atoms with Gasteiger partial charge >= 0.3 is 0 Å². The summed E-state index contributed by atoms with van der Waals surface area (Å²) in [5, 5.41) is 0. The highest BCUT2D eigenvalue weighted by Gasteiger charge is 2.09. The van der Waals surface area contributed by atoms with E-state index in [2.05, 4.69) is 45.9 Å². The molecule has 0 aliphatic heterocycles. The first kappa shape index (κ1) is 12.3. The fourth-order valence-corrected chi connectivity index (χ4v) is 1.96. The molecule has 0 fully saturated rings. The molecule has 1 heteroatoms. The van der Waals surface area contributed by atoms with Crippen molar-refractivity contribution < 1.29 is 0 Å². The van der Waals surface area contributed by atoms with Crippen molar-refractivity contribution in [3.05, 3.63) is 34.9 Å². The normalized spacial score (nSPS) is 15.0. The maximum atomic E-state index is 5.79. The van der Waals surface area contributed by atoms with E-state index in [-0.39, 0.29) is 0 Å². The van der Waals surface area contributed by atoms with Gasteiger partial charge in [0.15, 0.2) is 0 Å². The number of rotatable bonds is 4. The maximum Gasteiger partial charge on any atom is 0.00106 e. The molecule has 0 amide bonds. The molecule has 0 heterocycles. The van der Waals surface area contributed by atoms with Crippen LogP contribution in [0.15, 0.2) is 18.2 Å². The van der Waals surface area contributed by atoms with E-state index in [9.17, 15) is 0 Å². The molecular weight excluding hydrogens is 182 g/mol. The maximum absolute atomic E-state index is 5.79. The van der Waals surface area contributed by atoms with Crippen LogP contribution >= 0.6 is 0 Å². The lowest BCUT2D eigenvalue weighted by molar-refractivity contribution is 0.567. The first-order valence-corrected chi connectivity index (χ1v) is 5.83. The third kappa shape index (κ3) is 3.67. The van der Waals surface area contributed by atoms with Gasteiger partial charge in [-0.2, -0.15) is 0 Å². The molecule has 0 aliphatic carbocycles. The molecule has 0 aliphatic rings. The van der Waals surface area contributed by atoms with Crippen LogP contribution in [0, 0.1) is 13.8 Å². The van der Waals surface area contributed by atoms with Gasteiger partial charge in [0.05, 0.1) is 0 Å². The number of benzene rings is 1. The van der Waals surface area contributed by atoms with Gasteiger partial charge in [0, 0.05) is 6.04 Å². The Morgan fingerprint density at radius 2 is 1.80 bits per heavy atom. The van der Waals surface area contributed by atoms with Crippen LogP contribution in [0.2, 0.25) is 0 Å². The van der Waals surface area contributed by atoms with Gasteiger partial charge in [-0.3, -0.25) is 0 Å². The van der Waals surface area contributed by atoms with Crippen LogP contribution in [-0.4, -0.2) is 6.04 Å². The van der Waals surface area contributed by atoms with E-state index < -0.39 is 0 Å². The van der Waals surface area contributed by atoms with E-state index in [1.807, 2.05) is 0 Å². The molecule has 1 nitrogen and oxygen atoms in total. The molecule has 2 unspecified atom stereocenters. The smallest absolute Gasteiger partial charge is 0.00106 e. The molecule has 0 aromatic heterocycles. The second-order valence-corrected chi connectivity index (χ2v) is 4.82. The molecule has 1 rings (SSSR count). The summed E-state index contributed by atoms with van der Waals surface area (Å²) >= 11 is 0. The number of hydrogen-bond donors (Lipinski definition) is 1. The predicted octanol–water partition coefficient (Wildman–Crippen LogP) is 3.53. The van der Waals surface area contributed by atoms with Crippen molar-refractivity contribution >= 4 is 0 Å². The van der Waals surface area contributed by atoms with E-state index in [1.165, 1.54) is 23.1 Å². The molecule has 1 aromatic carbocycles. The Labute approximate surface area is 93.7 Å². The Bertz CT molecular complexity index is 315. The summed E-state index contributed by atoms with van der Waals surface area (Å²) in [5.74, 6) is 0.621. The highest BCUT2D eigenvalue weighted by Crippen LogP contribution is 2.25. The Morgan fingerprint density at radius 3 is 2.40 bits per heavy atom. The molecule has 2 atom stereocenters. The van der Waals surface area contributed by atoms with E-state index in [4.69, 9.17) is 5.73 Å². The van der Waals surface area contributed by atoms with Gasteiger partial charge in [0.2, 0.25) is 0 Å². The van der Waals surface area contributed by atoms with Gasteiger partial charge in [-0.25, -0.2) is 0 Å². The van der Waals surface area contributed by atoms with Crippen LogP contribution in [0.4, 0.5) is 0 Å². The van der Waals surface area contributed by atoms with Crippen molar-refractivity contribution in [1.29, 1.82) is 0 Å². The molecule has 0 radical (unpaired) electrons. The van der Waals surface area contributed by atoms with Gasteiger partial charge in [-0.1, -0.05) is 30.7 Å². The number of aryl methyl sites for hydroxylation is 2. The van der Waals surface area contributed by atoms with Gasteiger partial charge in [-0.05, 0) is 50.7 Å². The van der Waals surface area contributed by atoms with Crippen molar-refractivity contribution in [3.63, 3.8) is 0 Å². The Kier molecular flexibility index (Phi) is 4.34. The van der Waals surface area contributed by atoms with Crippen molar-refractivity contribution in [2.45, 2.75) is 52.5 Å². The van der Waals surface area contributed by atoms with E-state index in [0.29, 0.717) is 12.0 Å². The zero-order chi connectivity index (χ0) is 11.4. The molecular formula is C14H23N. The van der Waals surface area contributed by atoms with Crippen molar-refractivity contribution in [2.75, 3.05) is 0 Å². The summed E-state index contributed by atoms with van der Waals surface area (Å²) in [7, 11) is 0. The average Bonchev–Trinajstić information content (AvgIpc) is 2.18. The summed E-state index contributed by atoms with van der Waals surface area (Å²) < 4.78 is 0. The highest BCUT2D eigenvalue weighted by molar-refractivity contribution is 5.32. The number of hydrogen-bond acceptors (Lipinski definition) is 1. The minimum atomic E-state index is 0.317. The quantitative estimate of drug-likeness (QED) is 0.799. The summed E-state index contributed by atoms with van der Waals surface area (Å²) in [6.45, 7) is 8.72. The van der Waals surface area contributed by atoms with Crippen molar-refractivity contribution in [3.8, 4) is 0 Å².